The molecular weight excluding hydrogens is 249 g/mol. The van der Waals surface area contributed by atoms with Gasteiger partial charge in [0.15, 0.2) is 17.5 Å². The molecule has 0 unspecified atom stereocenters. The number of aliphatic hydroxyl groups excluding tert-OH is 1. The molecular formula is C11H9F3N2O2. The van der Waals surface area contributed by atoms with Gasteiger partial charge in [-0.3, -0.25) is 0 Å². The molecule has 1 aliphatic rings. The fraction of sp³-hybridized carbons (Fsp3) is 0.273. The summed E-state index contributed by atoms with van der Waals surface area (Å²) in [6.07, 6.45) is 1.60. The number of benzene rings is 1. The number of hydrogen-bond acceptors (Lipinski definition) is 4. The molecule has 1 aromatic rings. The molecule has 1 aromatic carbocycles. The number of nitrogens with zero attached hydrogens (tertiary/aromatic N) is 2. The lowest BCUT2D eigenvalue weighted by molar-refractivity contribution is 0.378. The Hall–Kier alpha value is -2.05. The first-order valence-corrected chi connectivity index (χ1v) is 5.18. The Kier molecular flexibility index (Phi) is 3.22. The Labute approximate surface area is 100 Å². The van der Waals surface area contributed by atoms with Crippen LogP contribution in [0.4, 0.5) is 24.5 Å². The van der Waals surface area contributed by atoms with E-state index >= 15 is 0 Å². The molecule has 0 spiro atoms. The van der Waals surface area contributed by atoms with E-state index in [1.54, 1.807) is 0 Å². The average molecular weight is 258 g/mol. The van der Waals surface area contributed by atoms with Crippen LogP contribution in [0.1, 0.15) is 6.42 Å². The van der Waals surface area contributed by atoms with E-state index in [4.69, 9.17) is 5.11 Å². The smallest absolute Gasteiger partial charge is 0.190 e. The van der Waals surface area contributed by atoms with Crippen LogP contribution in [0.3, 0.4) is 0 Å². The van der Waals surface area contributed by atoms with Crippen LogP contribution in [-0.4, -0.2) is 18.2 Å². The van der Waals surface area contributed by atoms with E-state index in [9.17, 15) is 18.1 Å². The molecule has 4 nitrogen and oxygen atoms in total. The minimum atomic E-state index is -1.47. The zero-order valence-electron chi connectivity index (χ0n) is 9.16. The van der Waals surface area contributed by atoms with Crippen LogP contribution >= 0.6 is 0 Å². The minimum Gasteiger partial charge on any atom is -0.513 e. The van der Waals surface area contributed by atoms with Crippen molar-refractivity contribution in [1.29, 1.82) is 0 Å². The van der Waals surface area contributed by atoms with E-state index in [1.165, 1.54) is 11.0 Å². The molecule has 1 aliphatic heterocycles. The summed E-state index contributed by atoms with van der Waals surface area (Å²) < 4.78 is 40.6. The maximum absolute atomic E-state index is 13.7. The normalized spacial score (nSPS) is 15.5. The summed E-state index contributed by atoms with van der Waals surface area (Å²) in [5.41, 5.74) is -1.45. The van der Waals surface area contributed by atoms with Crippen molar-refractivity contribution in [2.75, 3.05) is 18.0 Å². The van der Waals surface area contributed by atoms with Gasteiger partial charge in [-0.25, -0.2) is 13.2 Å². The highest BCUT2D eigenvalue weighted by molar-refractivity contribution is 5.57. The molecule has 1 heterocycles. The van der Waals surface area contributed by atoms with Crippen LogP contribution in [0.25, 0.3) is 0 Å². The quantitative estimate of drug-likeness (QED) is 0.654. The van der Waals surface area contributed by atoms with E-state index in [0.29, 0.717) is 6.07 Å². The van der Waals surface area contributed by atoms with Gasteiger partial charge in [-0.05, 0) is 11.3 Å². The predicted octanol–water partition coefficient (Wildman–Crippen LogP) is 3.15. The highest BCUT2D eigenvalue weighted by atomic mass is 19.2. The second-order valence-corrected chi connectivity index (χ2v) is 3.84. The Morgan fingerprint density at radius 3 is 2.56 bits per heavy atom. The zero-order chi connectivity index (χ0) is 13.3. The number of nitroso groups, excluding NO2 is 1. The number of aliphatic hydroxyl groups is 1. The molecule has 0 radical (unpaired) electrons. The molecule has 7 heteroatoms. The topological polar surface area (TPSA) is 52.9 Å². The van der Waals surface area contributed by atoms with Gasteiger partial charge in [0.05, 0.1) is 5.76 Å². The van der Waals surface area contributed by atoms with Crippen LogP contribution in [0.2, 0.25) is 0 Å². The fourth-order valence-corrected chi connectivity index (χ4v) is 1.79. The molecule has 0 bridgehead atoms. The SMILES string of the molecule is O=Nc1cc(F)c(N2CC=C(O)CC2)c(F)c1F. The van der Waals surface area contributed by atoms with Crippen LogP contribution in [0.5, 0.6) is 0 Å². The molecule has 0 aliphatic carbocycles. The fourth-order valence-electron chi connectivity index (χ4n) is 1.79. The first-order chi connectivity index (χ1) is 8.54. The number of anilines is 1. The van der Waals surface area contributed by atoms with Crippen molar-refractivity contribution in [3.8, 4) is 0 Å². The summed E-state index contributed by atoms with van der Waals surface area (Å²) in [6, 6.07) is 0.554. The maximum atomic E-state index is 13.7. The molecule has 1 N–H and O–H groups in total. The van der Waals surface area contributed by atoms with Crippen LogP contribution in [-0.2, 0) is 0 Å². The summed E-state index contributed by atoms with van der Waals surface area (Å²) in [5.74, 6) is -3.85. The average Bonchev–Trinajstić information content (AvgIpc) is 2.36. The Bertz CT molecular complexity index is 532. The molecule has 0 saturated heterocycles. The van der Waals surface area contributed by atoms with Crippen LogP contribution < -0.4 is 4.90 Å². The number of halogens is 3. The highest BCUT2D eigenvalue weighted by Gasteiger charge is 2.24. The molecule has 0 amide bonds. The van der Waals surface area contributed by atoms with Gasteiger partial charge in [0.2, 0.25) is 0 Å². The molecule has 0 saturated carbocycles. The lowest BCUT2D eigenvalue weighted by Crippen LogP contribution is -2.30. The molecule has 96 valence electrons. The summed E-state index contributed by atoms with van der Waals surface area (Å²) in [4.78, 5) is 11.4. The summed E-state index contributed by atoms with van der Waals surface area (Å²) >= 11 is 0. The van der Waals surface area contributed by atoms with E-state index in [0.717, 1.165) is 0 Å². The maximum Gasteiger partial charge on any atom is 0.190 e. The van der Waals surface area contributed by atoms with Gasteiger partial charge in [0.1, 0.15) is 11.4 Å². The first-order valence-electron chi connectivity index (χ1n) is 5.18. The Morgan fingerprint density at radius 1 is 1.28 bits per heavy atom. The van der Waals surface area contributed by atoms with Gasteiger partial charge in [0, 0.05) is 25.6 Å². The second kappa shape index (κ2) is 4.67. The molecule has 0 fully saturated rings. The molecule has 0 aromatic heterocycles. The lowest BCUT2D eigenvalue weighted by atomic mass is 10.1. The van der Waals surface area contributed by atoms with Gasteiger partial charge < -0.3 is 10.0 Å². The van der Waals surface area contributed by atoms with E-state index in [2.05, 4.69) is 5.18 Å². The standard InChI is InChI=1S/C11H9F3N2O2/c12-7-5-8(15-18)9(13)10(14)11(7)16-3-1-6(17)2-4-16/h1,5,17H,2-4H2. The van der Waals surface area contributed by atoms with Crippen molar-refractivity contribution in [3.63, 3.8) is 0 Å². The summed E-state index contributed by atoms with van der Waals surface area (Å²) in [5, 5.41) is 11.4. The van der Waals surface area contributed by atoms with Crippen molar-refractivity contribution in [3.05, 3.63) is 40.3 Å². The van der Waals surface area contributed by atoms with Crippen LogP contribution in [0.15, 0.2) is 23.1 Å². The number of hydrogen-bond donors (Lipinski definition) is 1. The van der Waals surface area contributed by atoms with Crippen molar-refractivity contribution in [2.45, 2.75) is 6.42 Å². The Balaban J connectivity index is 2.45. The van der Waals surface area contributed by atoms with E-state index in [-0.39, 0.29) is 25.3 Å². The molecule has 2 rings (SSSR count). The van der Waals surface area contributed by atoms with Gasteiger partial charge in [-0.1, -0.05) is 0 Å². The van der Waals surface area contributed by atoms with Crippen molar-refractivity contribution < 1.29 is 18.3 Å². The van der Waals surface area contributed by atoms with Crippen LogP contribution in [0, 0.1) is 22.4 Å². The number of rotatable bonds is 2. The third-order valence-corrected chi connectivity index (χ3v) is 2.71. The first kappa shape index (κ1) is 12.4. The van der Waals surface area contributed by atoms with Gasteiger partial charge in [0.25, 0.3) is 0 Å². The predicted molar refractivity (Wildman–Crippen MR) is 59.3 cm³/mol. The third-order valence-electron chi connectivity index (χ3n) is 2.71. The summed E-state index contributed by atoms with van der Waals surface area (Å²) in [7, 11) is 0. The Morgan fingerprint density at radius 2 is 2.00 bits per heavy atom. The lowest BCUT2D eigenvalue weighted by Gasteiger charge is -2.27. The summed E-state index contributed by atoms with van der Waals surface area (Å²) in [6.45, 7) is 0.219. The highest BCUT2D eigenvalue weighted by Crippen LogP contribution is 2.32. The van der Waals surface area contributed by atoms with E-state index in [1.807, 2.05) is 0 Å². The zero-order valence-corrected chi connectivity index (χ0v) is 9.16. The van der Waals surface area contributed by atoms with Gasteiger partial charge >= 0.3 is 0 Å². The van der Waals surface area contributed by atoms with Gasteiger partial charge in [-0.2, -0.15) is 0 Å². The molecule has 18 heavy (non-hydrogen) atoms. The van der Waals surface area contributed by atoms with Gasteiger partial charge in [-0.15, -0.1) is 4.91 Å². The third kappa shape index (κ3) is 2.03. The molecule has 0 atom stereocenters. The minimum absolute atomic E-state index is 0.0625. The van der Waals surface area contributed by atoms with Crippen molar-refractivity contribution in [2.24, 2.45) is 5.18 Å². The largest absolute Gasteiger partial charge is 0.513 e. The van der Waals surface area contributed by atoms with Crippen molar-refractivity contribution in [1.82, 2.24) is 0 Å². The second-order valence-electron chi connectivity index (χ2n) is 3.84. The van der Waals surface area contributed by atoms with E-state index < -0.39 is 28.8 Å². The monoisotopic (exact) mass is 258 g/mol. The van der Waals surface area contributed by atoms with Crippen molar-refractivity contribution >= 4 is 11.4 Å².